The quantitative estimate of drug-likeness (QED) is 0.666. The van der Waals surface area contributed by atoms with Crippen LogP contribution < -0.4 is 4.74 Å². The molecular formula is C15H13Cl3O. The molecule has 0 amide bonds. The number of methoxy groups -OCH3 is 1. The van der Waals surface area contributed by atoms with E-state index in [1.807, 2.05) is 25.1 Å². The molecule has 19 heavy (non-hydrogen) atoms. The summed E-state index contributed by atoms with van der Waals surface area (Å²) in [5.74, 6) is 0.696. The molecule has 0 bridgehead atoms. The summed E-state index contributed by atoms with van der Waals surface area (Å²) in [4.78, 5) is 0. The van der Waals surface area contributed by atoms with Crippen molar-refractivity contribution >= 4 is 34.8 Å². The van der Waals surface area contributed by atoms with Crippen LogP contribution in [0.3, 0.4) is 0 Å². The van der Waals surface area contributed by atoms with Crippen molar-refractivity contribution < 1.29 is 4.74 Å². The lowest BCUT2D eigenvalue weighted by molar-refractivity contribution is 0.410. The van der Waals surface area contributed by atoms with E-state index in [1.54, 1.807) is 25.3 Å². The molecule has 0 aromatic heterocycles. The van der Waals surface area contributed by atoms with E-state index in [0.29, 0.717) is 15.8 Å². The molecule has 2 rings (SSSR count). The Balaban J connectivity index is 2.52. The van der Waals surface area contributed by atoms with Crippen LogP contribution in [0.5, 0.6) is 5.75 Å². The lowest BCUT2D eigenvalue weighted by Crippen LogP contribution is -1.99. The number of halogens is 3. The minimum atomic E-state index is -0.402. The van der Waals surface area contributed by atoms with Crippen molar-refractivity contribution in [3.8, 4) is 5.75 Å². The molecule has 0 heterocycles. The van der Waals surface area contributed by atoms with Crippen LogP contribution in [0.15, 0.2) is 36.4 Å². The summed E-state index contributed by atoms with van der Waals surface area (Å²) in [5, 5.41) is 0.885. The monoisotopic (exact) mass is 314 g/mol. The average molecular weight is 316 g/mol. The third kappa shape index (κ3) is 3.00. The maximum absolute atomic E-state index is 6.54. The van der Waals surface area contributed by atoms with E-state index in [0.717, 1.165) is 16.7 Å². The van der Waals surface area contributed by atoms with E-state index in [1.165, 1.54) is 0 Å². The predicted molar refractivity (Wildman–Crippen MR) is 81.9 cm³/mol. The second kappa shape index (κ2) is 6.04. The molecule has 4 heteroatoms. The van der Waals surface area contributed by atoms with Gasteiger partial charge in [0.05, 0.1) is 12.5 Å². The first-order valence-corrected chi connectivity index (χ1v) is 6.96. The Kier molecular flexibility index (Phi) is 4.62. The van der Waals surface area contributed by atoms with Gasteiger partial charge in [-0.2, -0.15) is 0 Å². The van der Waals surface area contributed by atoms with Crippen LogP contribution in [0.4, 0.5) is 0 Å². The van der Waals surface area contributed by atoms with Gasteiger partial charge in [-0.15, -0.1) is 11.6 Å². The van der Waals surface area contributed by atoms with Gasteiger partial charge in [0, 0.05) is 15.6 Å². The van der Waals surface area contributed by atoms with Gasteiger partial charge in [-0.1, -0.05) is 41.4 Å². The number of ether oxygens (including phenoxy) is 1. The van der Waals surface area contributed by atoms with Crippen molar-refractivity contribution in [2.45, 2.75) is 12.3 Å². The maximum atomic E-state index is 6.54. The van der Waals surface area contributed by atoms with Crippen LogP contribution in [0.25, 0.3) is 0 Å². The lowest BCUT2D eigenvalue weighted by atomic mass is 10.0. The number of benzene rings is 2. The lowest BCUT2D eigenvalue weighted by Gasteiger charge is -2.16. The molecule has 0 N–H and O–H groups in total. The van der Waals surface area contributed by atoms with Gasteiger partial charge in [-0.05, 0) is 36.2 Å². The predicted octanol–water partition coefficient (Wildman–Crippen LogP) is 5.64. The molecule has 1 atom stereocenters. The van der Waals surface area contributed by atoms with Crippen molar-refractivity contribution in [3.63, 3.8) is 0 Å². The minimum absolute atomic E-state index is 0.402. The molecule has 2 aromatic carbocycles. The average Bonchev–Trinajstić information content (AvgIpc) is 2.41. The van der Waals surface area contributed by atoms with Gasteiger partial charge in [0.1, 0.15) is 5.75 Å². The molecule has 0 radical (unpaired) electrons. The van der Waals surface area contributed by atoms with Crippen LogP contribution >= 0.6 is 34.8 Å². The fourth-order valence-electron chi connectivity index (χ4n) is 1.94. The summed E-state index contributed by atoms with van der Waals surface area (Å²) in [5.41, 5.74) is 2.65. The molecule has 0 fully saturated rings. The van der Waals surface area contributed by atoms with Crippen LogP contribution in [0, 0.1) is 6.92 Å². The largest absolute Gasteiger partial charge is 0.496 e. The summed E-state index contributed by atoms with van der Waals surface area (Å²) in [7, 11) is 1.61. The first kappa shape index (κ1) is 14.5. The Morgan fingerprint density at radius 2 is 1.79 bits per heavy atom. The summed E-state index contributed by atoms with van der Waals surface area (Å²) in [6, 6.07) is 11.2. The molecule has 0 saturated heterocycles. The van der Waals surface area contributed by atoms with Crippen molar-refractivity contribution in [2.24, 2.45) is 0 Å². The molecule has 1 nitrogen and oxygen atoms in total. The third-order valence-corrected chi connectivity index (χ3v) is 4.18. The van der Waals surface area contributed by atoms with Gasteiger partial charge in [0.2, 0.25) is 0 Å². The molecule has 0 aliphatic rings. The Hall–Kier alpha value is -0.890. The zero-order chi connectivity index (χ0) is 14.0. The van der Waals surface area contributed by atoms with E-state index in [4.69, 9.17) is 39.5 Å². The second-order valence-electron chi connectivity index (χ2n) is 4.23. The molecule has 0 aliphatic carbocycles. The number of rotatable bonds is 3. The summed E-state index contributed by atoms with van der Waals surface area (Å²) >= 11 is 18.9. The smallest absolute Gasteiger partial charge is 0.123 e. The van der Waals surface area contributed by atoms with E-state index < -0.39 is 5.38 Å². The topological polar surface area (TPSA) is 9.23 Å². The van der Waals surface area contributed by atoms with Crippen molar-refractivity contribution in [2.75, 3.05) is 7.11 Å². The van der Waals surface area contributed by atoms with Crippen molar-refractivity contribution in [3.05, 3.63) is 63.1 Å². The second-order valence-corrected chi connectivity index (χ2v) is 5.48. The molecule has 100 valence electrons. The normalized spacial score (nSPS) is 12.3. The Morgan fingerprint density at radius 1 is 1.05 bits per heavy atom. The number of aryl methyl sites for hydroxylation is 1. The zero-order valence-electron chi connectivity index (χ0n) is 10.6. The first-order valence-electron chi connectivity index (χ1n) is 5.77. The van der Waals surface area contributed by atoms with Gasteiger partial charge < -0.3 is 4.74 Å². The molecule has 0 saturated carbocycles. The summed E-state index contributed by atoms with van der Waals surface area (Å²) < 4.78 is 5.33. The van der Waals surface area contributed by atoms with Crippen LogP contribution in [0.1, 0.15) is 22.1 Å². The third-order valence-electron chi connectivity index (χ3n) is 2.96. The van der Waals surface area contributed by atoms with E-state index in [9.17, 15) is 0 Å². The summed E-state index contributed by atoms with van der Waals surface area (Å²) in [6.07, 6.45) is 0. The summed E-state index contributed by atoms with van der Waals surface area (Å²) in [6.45, 7) is 1.95. The van der Waals surface area contributed by atoms with E-state index in [2.05, 4.69) is 0 Å². The number of hydrogen-bond acceptors (Lipinski definition) is 1. The minimum Gasteiger partial charge on any atom is -0.496 e. The van der Waals surface area contributed by atoms with Crippen LogP contribution in [-0.4, -0.2) is 7.11 Å². The highest BCUT2D eigenvalue weighted by Gasteiger charge is 2.19. The van der Waals surface area contributed by atoms with Gasteiger partial charge >= 0.3 is 0 Å². The molecule has 0 aliphatic heterocycles. The Morgan fingerprint density at radius 3 is 2.47 bits per heavy atom. The van der Waals surface area contributed by atoms with Gasteiger partial charge in [0.25, 0.3) is 0 Å². The number of alkyl halides is 1. The van der Waals surface area contributed by atoms with Crippen molar-refractivity contribution in [1.82, 2.24) is 0 Å². The van der Waals surface area contributed by atoms with Gasteiger partial charge in [-0.3, -0.25) is 0 Å². The van der Waals surface area contributed by atoms with Crippen LogP contribution in [-0.2, 0) is 0 Å². The van der Waals surface area contributed by atoms with Crippen LogP contribution in [0.2, 0.25) is 10.0 Å². The SMILES string of the molecule is COc1ccc(Cl)cc1C(Cl)c1cccc(C)c1Cl. The van der Waals surface area contributed by atoms with Gasteiger partial charge in [-0.25, -0.2) is 0 Å². The fourth-order valence-corrected chi connectivity index (χ4v) is 2.76. The zero-order valence-corrected chi connectivity index (χ0v) is 12.9. The van der Waals surface area contributed by atoms with E-state index >= 15 is 0 Å². The highest BCUT2D eigenvalue weighted by molar-refractivity contribution is 6.34. The molecule has 2 aromatic rings. The number of hydrogen-bond donors (Lipinski definition) is 0. The highest BCUT2D eigenvalue weighted by atomic mass is 35.5. The first-order chi connectivity index (χ1) is 9.04. The standard InChI is InChI=1S/C15H13Cl3O/c1-9-4-3-5-11(14(9)17)15(18)12-8-10(16)6-7-13(12)19-2/h3-8,15H,1-2H3. The Bertz CT molecular complexity index is 596. The Labute approximate surface area is 128 Å². The van der Waals surface area contributed by atoms with Crippen molar-refractivity contribution in [1.29, 1.82) is 0 Å². The maximum Gasteiger partial charge on any atom is 0.123 e. The molecule has 1 unspecified atom stereocenters. The van der Waals surface area contributed by atoms with Gasteiger partial charge in [0.15, 0.2) is 0 Å². The highest BCUT2D eigenvalue weighted by Crippen LogP contribution is 2.40. The fraction of sp³-hybridized carbons (Fsp3) is 0.200. The molecular weight excluding hydrogens is 303 g/mol. The molecule has 0 spiro atoms. The van der Waals surface area contributed by atoms with E-state index in [-0.39, 0.29) is 0 Å².